The van der Waals surface area contributed by atoms with Gasteiger partial charge in [0.05, 0.1) is 11.9 Å². The van der Waals surface area contributed by atoms with Crippen molar-refractivity contribution in [2.75, 3.05) is 13.1 Å². The zero-order chi connectivity index (χ0) is 15.1. The van der Waals surface area contributed by atoms with Crippen LogP contribution in [0.4, 0.5) is 0 Å². The van der Waals surface area contributed by atoms with E-state index in [1.807, 2.05) is 25.1 Å². The summed E-state index contributed by atoms with van der Waals surface area (Å²) in [6, 6.07) is 7.48. The average Bonchev–Trinajstić information content (AvgIpc) is 2.91. The molecule has 0 bridgehead atoms. The molecule has 22 heavy (non-hydrogen) atoms. The van der Waals surface area contributed by atoms with Crippen molar-refractivity contribution in [3.05, 3.63) is 46.0 Å². The van der Waals surface area contributed by atoms with E-state index in [4.69, 9.17) is 8.83 Å². The number of furan rings is 1. The smallest absolute Gasteiger partial charge is 0.336 e. The molecule has 0 amide bonds. The maximum absolute atomic E-state index is 11.7. The summed E-state index contributed by atoms with van der Waals surface area (Å²) < 4.78 is 11.4. The Balaban J connectivity index is 1.79. The third-order valence-corrected chi connectivity index (χ3v) is 4.49. The van der Waals surface area contributed by atoms with E-state index < -0.39 is 0 Å². The normalized spacial score (nSPS) is 16.6. The van der Waals surface area contributed by atoms with Crippen LogP contribution < -0.4 is 5.63 Å². The summed E-state index contributed by atoms with van der Waals surface area (Å²) in [5.74, 6) is 0.938. The Morgan fingerprint density at radius 3 is 2.68 bits per heavy atom. The van der Waals surface area contributed by atoms with Gasteiger partial charge in [-0.15, -0.1) is 0 Å². The number of hydrogen-bond acceptors (Lipinski definition) is 4. The maximum atomic E-state index is 11.7. The van der Waals surface area contributed by atoms with Crippen LogP contribution in [0.15, 0.2) is 37.9 Å². The van der Waals surface area contributed by atoms with Gasteiger partial charge < -0.3 is 8.83 Å². The second-order valence-corrected chi connectivity index (χ2v) is 6.15. The van der Waals surface area contributed by atoms with E-state index in [1.165, 1.54) is 25.3 Å². The van der Waals surface area contributed by atoms with Crippen LogP contribution in [-0.2, 0) is 6.54 Å². The van der Waals surface area contributed by atoms with Gasteiger partial charge in [-0.1, -0.05) is 6.42 Å². The van der Waals surface area contributed by atoms with Crippen LogP contribution in [0.25, 0.3) is 21.9 Å². The molecule has 1 aromatic carbocycles. The summed E-state index contributed by atoms with van der Waals surface area (Å²) >= 11 is 0. The van der Waals surface area contributed by atoms with Gasteiger partial charge >= 0.3 is 5.63 Å². The van der Waals surface area contributed by atoms with Gasteiger partial charge in [0.15, 0.2) is 0 Å². The molecule has 4 rings (SSSR count). The lowest BCUT2D eigenvalue weighted by atomic mass is 10.1. The maximum Gasteiger partial charge on any atom is 0.336 e. The summed E-state index contributed by atoms with van der Waals surface area (Å²) in [4.78, 5) is 14.1. The van der Waals surface area contributed by atoms with E-state index in [9.17, 15) is 4.79 Å². The topological polar surface area (TPSA) is 46.6 Å². The van der Waals surface area contributed by atoms with Crippen molar-refractivity contribution < 1.29 is 8.83 Å². The van der Waals surface area contributed by atoms with Gasteiger partial charge in [-0.2, -0.15) is 0 Å². The van der Waals surface area contributed by atoms with Crippen molar-refractivity contribution in [3.63, 3.8) is 0 Å². The number of piperidine rings is 1. The van der Waals surface area contributed by atoms with E-state index in [2.05, 4.69) is 4.90 Å². The van der Waals surface area contributed by atoms with E-state index in [1.54, 1.807) is 0 Å². The molecule has 2 aromatic heterocycles. The van der Waals surface area contributed by atoms with Crippen molar-refractivity contribution in [1.29, 1.82) is 0 Å². The Morgan fingerprint density at radius 1 is 1.05 bits per heavy atom. The zero-order valence-electron chi connectivity index (χ0n) is 12.7. The first-order chi connectivity index (χ1) is 10.7. The molecular weight excluding hydrogens is 278 g/mol. The van der Waals surface area contributed by atoms with Crippen molar-refractivity contribution >= 4 is 21.9 Å². The molecule has 0 aliphatic carbocycles. The minimum absolute atomic E-state index is 0.309. The first-order valence-corrected chi connectivity index (χ1v) is 7.89. The highest BCUT2D eigenvalue weighted by Gasteiger charge is 2.15. The molecule has 0 spiro atoms. The van der Waals surface area contributed by atoms with E-state index in [0.29, 0.717) is 5.58 Å². The van der Waals surface area contributed by atoms with Gasteiger partial charge in [-0.25, -0.2) is 4.79 Å². The van der Waals surface area contributed by atoms with Gasteiger partial charge in [-0.3, -0.25) is 4.90 Å². The SMILES string of the molecule is Cc1cc(=O)oc2c1ccc1oc(CN3CCCCC3)cc12. The summed E-state index contributed by atoms with van der Waals surface area (Å²) in [7, 11) is 0. The molecule has 1 aliphatic rings. The highest BCUT2D eigenvalue weighted by Crippen LogP contribution is 2.29. The Hall–Kier alpha value is -2.07. The standard InChI is InChI=1S/C18H19NO3/c1-12-9-17(20)22-18-14(12)5-6-16-15(18)10-13(21-16)11-19-7-3-2-4-8-19/h5-6,9-10H,2-4,7-8,11H2,1H3. The van der Waals surface area contributed by atoms with Gasteiger partial charge in [-0.05, 0) is 56.6 Å². The summed E-state index contributed by atoms with van der Waals surface area (Å²) in [6.45, 7) is 5.02. The number of fused-ring (bicyclic) bond motifs is 3. The van der Waals surface area contributed by atoms with Crippen LogP contribution in [0.5, 0.6) is 0 Å². The molecule has 4 heteroatoms. The van der Waals surface area contributed by atoms with Crippen LogP contribution in [-0.4, -0.2) is 18.0 Å². The van der Waals surface area contributed by atoms with Crippen molar-refractivity contribution in [3.8, 4) is 0 Å². The quantitative estimate of drug-likeness (QED) is 0.674. The molecule has 114 valence electrons. The minimum Gasteiger partial charge on any atom is -0.460 e. The Labute approximate surface area is 128 Å². The van der Waals surface area contributed by atoms with Crippen LogP contribution in [0.2, 0.25) is 0 Å². The lowest BCUT2D eigenvalue weighted by molar-refractivity contribution is 0.207. The lowest BCUT2D eigenvalue weighted by Gasteiger charge is -2.25. The highest BCUT2D eigenvalue weighted by atomic mass is 16.4. The number of rotatable bonds is 2. The molecular formula is C18H19NO3. The number of aryl methyl sites for hydroxylation is 1. The van der Waals surface area contributed by atoms with Crippen LogP contribution in [0, 0.1) is 6.92 Å². The fourth-order valence-electron chi connectivity index (χ4n) is 3.36. The minimum atomic E-state index is -0.309. The first-order valence-electron chi connectivity index (χ1n) is 7.89. The van der Waals surface area contributed by atoms with Crippen LogP contribution >= 0.6 is 0 Å². The largest absolute Gasteiger partial charge is 0.460 e. The van der Waals surface area contributed by atoms with Gasteiger partial charge in [0.1, 0.15) is 16.9 Å². The Kier molecular flexibility index (Phi) is 3.26. The lowest BCUT2D eigenvalue weighted by Crippen LogP contribution is -2.28. The molecule has 0 saturated carbocycles. The molecule has 0 unspecified atom stereocenters. The molecule has 1 aliphatic heterocycles. The number of benzene rings is 1. The number of hydrogen-bond donors (Lipinski definition) is 0. The predicted molar refractivity (Wildman–Crippen MR) is 86.1 cm³/mol. The third kappa shape index (κ3) is 2.33. The van der Waals surface area contributed by atoms with Crippen molar-refractivity contribution in [1.82, 2.24) is 4.90 Å². The molecule has 4 nitrogen and oxygen atoms in total. The third-order valence-electron chi connectivity index (χ3n) is 4.49. The van der Waals surface area contributed by atoms with Crippen LogP contribution in [0.1, 0.15) is 30.6 Å². The van der Waals surface area contributed by atoms with Gasteiger partial charge in [0.25, 0.3) is 0 Å². The van der Waals surface area contributed by atoms with Crippen LogP contribution in [0.3, 0.4) is 0 Å². The summed E-state index contributed by atoms with van der Waals surface area (Å²) in [5.41, 5.74) is 2.05. The molecule has 3 heterocycles. The molecule has 0 radical (unpaired) electrons. The molecule has 1 fully saturated rings. The fraction of sp³-hybridized carbons (Fsp3) is 0.389. The number of likely N-dealkylation sites (tertiary alicyclic amines) is 1. The van der Waals surface area contributed by atoms with Crippen molar-refractivity contribution in [2.24, 2.45) is 0 Å². The number of nitrogens with zero attached hydrogens (tertiary/aromatic N) is 1. The predicted octanol–water partition coefficient (Wildman–Crippen LogP) is 3.83. The molecule has 3 aromatic rings. The zero-order valence-corrected chi connectivity index (χ0v) is 12.7. The van der Waals surface area contributed by atoms with Gasteiger partial charge in [0.2, 0.25) is 0 Å². The van der Waals surface area contributed by atoms with Gasteiger partial charge in [0, 0.05) is 11.5 Å². The summed E-state index contributed by atoms with van der Waals surface area (Å²) in [5, 5.41) is 1.86. The molecule has 0 atom stereocenters. The van der Waals surface area contributed by atoms with Crippen molar-refractivity contribution in [2.45, 2.75) is 32.7 Å². The van der Waals surface area contributed by atoms with E-state index in [0.717, 1.165) is 47.3 Å². The summed E-state index contributed by atoms with van der Waals surface area (Å²) in [6.07, 6.45) is 3.85. The molecule has 0 N–H and O–H groups in total. The Morgan fingerprint density at radius 2 is 1.86 bits per heavy atom. The van der Waals surface area contributed by atoms with E-state index in [-0.39, 0.29) is 5.63 Å². The average molecular weight is 297 g/mol. The highest BCUT2D eigenvalue weighted by molar-refractivity contribution is 6.03. The first kappa shape index (κ1) is 13.6. The second kappa shape index (κ2) is 5.29. The fourth-order valence-corrected chi connectivity index (χ4v) is 3.36. The monoisotopic (exact) mass is 297 g/mol. The van der Waals surface area contributed by atoms with E-state index >= 15 is 0 Å². The Bertz CT molecular complexity index is 884. The molecule has 1 saturated heterocycles. The second-order valence-electron chi connectivity index (χ2n) is 6.15.